The van der Waals surface area contributed by atoms with E-state index in [0.29, 0.717) is 6.04 Å². The van der Waals surface area contributed by atoms with Crippen LogP contribution in [0.5, 0.6) is 0 Å². The fourth-order valence-electron chi connectivity index (χ4n) is 2.79. The molecule has 1 saturated heterocycles. The van der Waals surface area contributed by atoms with Crippen molar-refractivity contribution in [2.45, 2.75) is 45.3 Å². The molecule has 0 atom stereocenters. The van der Waals surface area contributed by atoms with Gasteiger partial charge in [0.05, 0.1) is 17.7 Å². The van der Waals surface area contributed by atoms with Gasteiger partial charge in [0.2, 0.25) is 0 Å². The van der Waals surface area contributed by atoms with Crippen molar-refractivity contribution in [3.05, 3.63) is 40.2 Å². The lowest BCUT2D eigenvalue weighted by Gasteiger charge is -2.31. The molecule has 2 aromatic heterocycles. The lowest BCUT2D eigenvalue weighted by Crippen LogP contribution is -2.41. The van der Waals surface area contributed by atoms with Gasteiger partial charge in [0.15, 0.2) is 0 Å². The van der Waals surface area contributed by atoms with Crippen LogP contribution < -0.4 is 5.32 Å². The fraction of sp³-hybridized carbons (Fsp3) is 0.562. The molecule has 1 aliphatic heterocycles. The largest absolute Gasteiger partial charge is 0.465 e. The molecule has 0 spiro atoms. The zero-order valence-corrected chi connectivity index (χ0v) is 13.4. The first kappa shape index (κ1) is 14.8. The molecule has 21 heavy (non-hydrogen) atoms. The van der Waals surface area contributed by atoms with Crippen LogP contribution in [-0.4, -0.2) is 29.0 Å². The van der Waals surface area contributed by atoms with E-state index >= 15 is 0 Å². The molecule has 1 aliphatic rings. The van der Waals surface area contributed by atoms with Crippen molar-refractivity contribution >= 4 is 11.3 Å². The highest BCUT2D eigenvalue weighted by atomic mass is 32.1. The number of hydrogen-bond acceptors (Lipinski definition) is 5. The highest BCUT2D eigenvalue weighted by Gasteiger charge is 2.19. The Kier molecular flexibility index (Phi) is 5.06. The lowest BCUT2D eigenvalue weighted by molar-refractivity contribution is 0.187. The molecule has 0 saturated carbocycles. The van der Waals surface area contributed by atoms with Crippen LogP contribution in [0.2, 0.25) is 0 Å². The highest BCUT2D eigenvalue weighted by molar-refractivity contribution is 7.07. The van der Waals surface area contributed by atoms with Gasteiger partial charge >= 0.3 is 0 Å². The van der Waals surface area contributed by atoms with Gasteiger partial charge in [-0.1, -0.05) is 6.92 Å². The Morgan fingerprint density at radius 2 is 2.14 bits per heavy atom. The summed E-state index contributed by atoms with van der Waals surface area (Å²) in [6.07, 6.45) is 3.37. The van der Waals surface area contributed by atoms with Crippen molar-refractivity contribution < 1.29 is 4.42 Å². The van der Waals surface area contributed by atoms with Crippen LogP contribution in [0.1, 0.15) is 37.0 Å². The summed E-state index contributed by atoms with van der Waals surface area (Å²) >= 11 is 1.68. The zero-order chi connectivity index (χ0) is 14.5. The lowest BCUT2D eigenvalue weighted by atomic mass is 10.0. The van der Waals surface area contributed by atoms with Gasteiger partial charge in [0, 0.05) is 37.5 Å². The Morgan fingerprint density at radius 1 is 1.33 bits per heavy atom. The van der Waals surface area contributed by atoms with Gasteiger partial charge in [-0.2, -0.15) is 0 Å². The van der Waals surface area contributed by atoms with E-state index in [-0.39, 0.29) is 0 Å². The van der Waals surface area contributed by atoms with Crippen LogP contribution >= 0.6 is 11.3 Å². The number of hydrogen-bond donors (Lipinski definition) is 1. The number of thiazole rings is 1. The smallest absolute Gasteiger partial charge is 0.117 e. The summed E-state index contributed by atoms with van der Waals surface area (Å²) in [6, 6.07) is 4.77. The van der Waals surface area contributed by atoms with E-state index in [9.17, 15) is 0 Å². The summed E-state index contributed by atoms with van der Waals surface area (Å²) in [5.41, 5.74) is 3.12. The first-order valence-corrected chi connectivity index (χ1v) is 8.68. The number of nitrogens with zero attached hydrogens (tertiary/aromatic N) is 2. The monoisotopic (exact) mass is 305 g/mol. The van der Waals surface area contributed by atoms with Crippen molar-refractivity contribution in [1.82, 2.24) is 15.2 Å². The van der Waals surface area contributed by atoms with Crippen LogP contribution in [0, 0.1) is 0 Å². The average Bonchev–Trinajstić information content (AvgIpc) is 3.18. The van der Waals surface area contributed by atoms with Crippen molar-refractivity contribution in [2.24, 2.45) is 0 Å². The Morgan fingerprint density at radius 3 is 2.81 bits per heavy atom. The summed E-state index contributed by atoms with van der Waals surface area (Å²) in [4.78, 5) is 6.86. The fourth-order valence-corrected chi connectivity index (χ4v) is 3.34. The first-order chi connectivity index (χ1) is 10.3. The molecule has 3 heterocycles. The molecule has 0 bridgehead atoms. The summed E-state index contributed by atoms with van der Waals surface area (Å²) in [5, 5.41) is 5.77. The van der Waals surface area contributed by atoms with Crippen LogP contribution in [0.15, 0.2) is 27.4 Å². The SMILES string of the molecule is CCc1ccc(CNC2CCN(Cc3cscn3)CC2)o1. The maximum absolute atomic E-state index is 5.74. The molecule has 0 amide bonds. The van der Waals surface area contributed by atoms with E-state index in [1.807, 2.05) is 5.51 Å². The van der Waals surface area contributed by atoms with E-state index in [1.165, 1.54) is 18.5 Å². The van der Waals surface area contributed by atoms with Crippen LogP contribution in [0.25, 0.3) is 0 Å². The average molecular weight is 305 g/mol. The van der Waals surface area contributed by atoms with E-state index in [2.05, 4.69) is 39.6 Å². The molecular formula is C16H23N3OS. The number of rotatable bonds is 6. The highest BCUT2D eigenvalue weighted by Crippen LogP contribution is 2.15. The Labute approximate surface area is 130 Å². The number of likely N-dealkylation sites (tertiary alicyclic amines) is 1. The second kappa shape index (κ2) is 7.20. The van der Waals surface area contributed by atoms with Gasteiger partial charge in [-0.25, -0.2) is 4.98 Å². The third-order valence-electron chi connectivity index (χ3n) is 4.09. The number of furan rings is 1. The second-order valence-corrected chi connectivity index (χ2v) is 6.35. The minimum atomic E-state index is 0.604. The maximum atomic E-state index is 5.74. The Hall–Kier alpha value is -1.17. The van der Waals surface area contributed by atoms with Gasteiger partial charge in [-0.3, -0.25) is 4.90 Å². The van der Waals surface area contributed by atoms with E-state index in [0.717, 1.165) is 44.1 Å². The molecule has 0 radical (unpaired) electrons. The molecule has 0 aliphatic carbocycles. The second-order valence-electron chi connectivity index (χ2n) is 5.63. The maximum Gasteiger partial charge on any atom is 0.117 e. The van der Waals surface area contributed by atoms with Crippen molar-refractivity contribution in [2.75, 3.05) is 13.1 Å². The molecule has 0 unspecified atom stereocenters. The molecule has 2 aromatic rings. The predicted octanol–water partition coefficient (Wildman–Crippen LogP) is 3.05. The number of nitrogens with one attached hydrogen (secondary N) is 1. The van der Waals surface area contributed by atoms with Gasteiger partial charge in [-0.05, 0) is 25.0 Å². The van der Waals surface area contributed by atoms with E-state index in [4.69, 9.17) is 4.42 Å². The summed E-state index contributed by atoms with van der Waals surface area (Å²) in [6.45, 7) is 6.25. The molecule has 1 fully saturated rings. The quantitative estimate of drug-likeness (QED) is 0.890. The Bertz CT molecular complexity index is 529. The number of aryl methyl sites for hydroxylation is 1. The molecule has 3 rings (SSSR count). The van der Waals surface area contributed by atoms with Crippen molar-refractivity contribution in [3.63, 3.8) is 0 Å². The van der Waals surface area contributed by atoms with E-state index < -0.39 is 0 Å². The third-order valence-corrected chi connectivity index (χ3v) is 4.72. The summed E-state index contributed by atoms with van der Waals surface area (Å²) in [7, 11) is 0. The Balaban J connectivity index is 1.39. The van der Waals surface area contributed by atoms with Crippen LogP contribution in [-0.2, 0) is 19.5 Å². The van der Waals surface area contributed by atoms with Gasteiger partial charge < -0.3 is 9.73 Å². The van der Waals surface area contributed by atoms with Crippen molar-refractivity contribution in [3.8, 4) is 0 Å². The first-order valence-electron chi connectivity index (χ1n) is 7.74. The molecule has 0 aromatic carbocycles. The minimum Gasteiger partial charge on any atom is -0.465 e. The van der Waals surface area contributed by atoms with E-state index in [1.54, 1.807) is 11.3 Å². The number of aromatic nitrogens is 1. The van der Waals surface area contributed by atoms with Gasteiger partial charge in [-0.15, -0.1) is 11.3 Å². The molecule has 1 N–H and O–H groups in total. The summed E-state index contributed by atoms with van der Waals surface area (Å²) in [5.74, 6) is 2.13. The predicted molar refractivity (Wildman–Crippen MR) is 85.3 cm³/mol. The minimum absolute atomic E-state index is 0.604. The molecule has 114 valence electrons. The molecular weight excluding hydrogens is 282 g/mol. The number of piperidine rings is 1. The van der Waals surface area contributed by atoms with Crippen LogP contribution in [0.3, 0.4) is 0 Å². The normalized spacial score (nSPS) is 17.4. The standard InChI is InChI=1S/C16H23N3OS/c1-2-15-3-4-16(20-15)9-17-13-5-7-19(8-6-13)10-14-11-21-12-18-14/h3-4,11-13,17H,2,5-10H2,1H3. The van der Waals surface area contributed by atoms with Gasteiger partial charge in [0.1, 0.15) is 11.5 Å². The van der Waals surface area contributed by atoms with Crippen molar-refractivity contribution in [1.29, 1.82) is 0 Å². The summed E-state index contributed by atoms with van der Waals surface area (Å²) < 4.78 is 5.74. The topological polar surface area (TPSA) is 41.3 Å². The van der Waals surface area contributed by atoms with Crippen LogP contribution in [0.4, 0.5) is 0 Å². The zero-order valence-electron chi connectivity index (χ0n) is 12.5. The molecule has 4 nitrogen and oxygen atoms in total. The van der Waals surface area contributed by atoms with Gasteiger partial charge in [0.25, 0.3) is 0 Å². The third kappa shape index (κ3) is 4.15. The molecule has 5 heteroatoms.